The quantitative estimate of drug-likeness (QED) is 0.388. The molecule has 3 heterocycles. The van der Waals surface area contributed by atoms with E-state index in [9.17, 15) is 19.8 Å². The van der Waals surface area contributed by atoms with Gasteiger partial charge in [-0.15, -0.1) is 11.3 Å². The fraction of sp³-hybridized carbons (Fsp3) is 0.750. The fourth-order valence-corrected chi connectivity index (χ4v) is 5.96. The van der Waals surface area contributed by atoms with Gasteiger partial charge in [0.1, 0.15) is 16.9 Å². The van der Waals surface area contributed by atoms with Crippen molar-refractivity contribution in [2.24, 2.45) is 23.0 Å². The van der Waals surface area contributed by atoms with E-state index in [-0.39, 0.29) is 29.8 Å². The number of hydrogen-bond donors (Lipinski definition) is 3. The first-order valence-corrected chi connectivity index (χ1v) is 14.3. The lowest BCUT2D eigenvalue weighted by Gasteiger charge is -2.35. The van der Waals surface area contributed by atoms with E-state index in [0.29, 0.717) is 19.4 Å². The van der Waals surface area contributed by atoms with Crippen LogP contribution in [0.5, 0.6) is 0 Å². The SMILES string of the molecule is CCC1C(=O)C(C)(C)C(O)CC(=O)OC(C(C)=Cc2csc(CN)n2)CC2OC2(C)CCCC(C)C1O. The fourth-order valence-electron chi connectivity index (χ4n) is 5.33. The number of carbonyl (C=O) groups is 2. The van der Waals surface area contributed by atoms with Crippen LogP contribution in [0.25, 0.3) is 6.08 Å². The highest BCUT2D eigenvalue weighted by atomic mass is 32.1. The molecular formula is C28H44N2O6S. The number of esters is 1. The molecule has 2 saturated heterocycles. The second-order valence-corrected chi connectivity index (χ2v) is 12.5. The van der Waals surface area contributed by atoms with E-state index < -0.39 is 35.6 Å². The zero-order chi connectivity index (χ0) is 27.5. The number of ketones is 1. The van der Waals surface area contributed by atoms with E-state index in [1.807, 2.05) is 32.2 Å². The number of ether oxygens (including phenoxy) is 2. The monoisotopic (exact) mass is 536 g/mol. The third-order valence-corrected chi connectivity index (χ3v) is 9.19. The number of fused-ring (bicyclic) bond motifs is 1. The molecule has 0 amide bonds. The van der Waals surface area contributed by atoms with Crippen LogP contribution >= 0.6 is 11.3 Å². The van der Waals surface area contributed by atoms with Crippen molar-refractivity contribution in [2.45, 2.75) is 117 Å². The highest BCUT2D eigenvalue weighted by Crippen LogP contribution is 2.45. The summed E-state index contributed by atoms with van der Waals surface area (Å²) < 4.78 is 12.0. The number of Topliss-reactive ketones (excluding diaryl/α,β-unsaturated/α-hetero) is 1. The maximum Gasteiger partial charge on any atom is 0.309 e. The predicted octanol–water partition coefficient (Wildman–Crippen LogP) is 4.02. The Kier molecular flexibility index (Phi) is 9.72. The number of nitrogens with zero attached hydrogens (tertiary/aromatic N) is 1. The number of aliphatic hydroxyl groups excluding tert-OH is 2. The summed E-state index contributed by atoms with van der Waals surface area (Å²) in [6, 6.07) is 0. The first-order valence-electron chi connectivity index (χ1n) is 13.4. The Hall–Kier alpha value is -1.65. The van der Waals surface area contributed by atoms with Gasteiger partial charge in [-0.2, -0.15) is 0 Å². The Labute approximate surface area is 224 Å². The Morgan fingerprint density at radius 3 is 2.62 bits per heavy atom. The zero-order valence-electron chi connectivity index (χ0n) is 23.0. The van der Waals surface area contributed by atoms with E-state index in [1.54, 1.807) is 13.8 Å². The number of thiazole rings is 1. The molecule has 3 rings (SSSR count). The van der Waals surface area contributed by atoms with Gasteiger partial charge in [-0.1, -0.05) is 34.1 Å². The molecule has 0 aliphatic carbocycles. The van der Waals surface area contributed by atoms with E-state index in [1.165, 1.54) is 11.3 Å². The van der Waals surface area contributed by atoms with Gasteiger partial charge >= 0.3 is 5.97 Å². The lowest BCUT2D eigenvalue weighted by molar-refractivity contribution is -0.154. The van der Waals surface area contributed by atoms with E-state index in [0.717, 1.165) is 35.5 Å². The molecule has 2 fully saturated rings. The van der Waals surface area contributed by atoms with Gasteiger partial charge in [0.25, 0.3) is 0 Å². The van der Waals surface area contributed by atoms with Crippen LogP contribution in [0.4, 0.5) is 0 Å². The first-order chi connectivity index (χ1) is 17.3. The summed E-state index contributed by atoms with van der Waals surface area (Å²) in [5.41, 5.74) is 5.75. The van der Waals surface area contributed by atoms with Gasteiger partial charge in [-0.25, -0.2) is 4.98 Å². The van der Waals surface area contributed by atoms with Gasteiger partial charge in [0, 0.05) is 24.3 Å². The van der Waals surface area contributed by atoms with Crippen molar-refractivity contribution < 1.29 is 29.3 Å². The highest BCUT2D eigenvalue weighted by Gasteiger charge is 2.53. The van der Waals surface area contributed by atoms with E-state index in [2.05, 4.69) is 11.9 Å². The number of hydrogen-bond acceptors (Lipinski definition) is 9. The maximum absolute atomic E-state index is 13.5. The lowest BCUT2D eigenvalue weighted by atomic mass is 9.71. The summed E-state index contributed by atoms with van der Waals surface area (Å²) in [6.45, 7) is 11.5. The highest BCUT2D eigenvalue weighted by molar-refractivity contribution is 7.09. The van der Waals surface area contributed by atoms with Gasteiger partial charge in [-0.3, -0.25) is 9.59 Å². The minimum atomic E-state index is -1.24. The first kappa shape index (κ1) is 29.9. The topological polar surface area (TPSA) is 135 Å². The molecule has 0 radical (unpaired) electrons. The van der Waals surface area contributed by atoms with Crippen molar-refractivity contribution in [3.8, 4) is 0 Å². The van der Waals surface area contributed by atoms with E-state index >= 15 is 0 Å². The van der Waals surface area contributed by atoms with Gasteiger partial charge in [0.15, 0.2) is 0 Å². The summed E-state index contributed by atoms with van der Waals surface area (Å²) in [6.07, 6.45) is 2.30. The molecule has 8 nitrogen and oxygen atoms in total. The predicted molar refractivity (Wildman–Crippen MR) is 144 cm³/mol. The number of aromatic nitrogens is 1. The largest absolute Gasteiger partial charge is 0.458 e. The summed E-state index contributed by atoms with van der Waals surface area (Å²) in [5.74, 6) is -1.50. The number of aliphatic hydroxyl groups is 2. The average molecular weight is 537 g/mol. The molecule has 0 bridgehead atoms. The van der Waals surface area contributed by atoms with Crippen LogP contribution in [0.15, 0.2) is 11.0 Å². The van der Waals surface area contributed by atoms with Crippen LogP contribution in [0.1, 0.15) is 90.8 Å². The molecule has 4 N–H and O–H groups in total. The molecule has 37 heavy (non-hydrogen) atoms. The van der Waals surface area contributed by atoms with Crippen molar-refractivity contribution in [1.29, 1.82) is 0 Å². The number of cyclic esters (lactones) is 1. The molecule has 1 aromatic heterocycles. The minimum Gasteiger partial charge on any atom is -0.458 e. The van der Waals surface area contributed by atoms with Crippen LogP contribution in [0.2, 0.25) is 0 Å². The summed E-state index contributed by atoms with van der Waals surface area (Å²) in [7, 11) is 0. The van der Waals surface area contributed by atoms with Gasteiger partial charge in [0.05, 0.1) is 41.4 Å². The Morgan fingerprint density at radius 2 is 2.00 bits per heavy atom. The number of nitrogens with two attached hydrogens (primary N) is 1. The van der Waals surface area contributed by atoms with Crippen molar-refractivity contribution in [3.63, 3.8) is 0 Å². The number of epoxide rings is 1. The van der Waals surface area contributed by atoms with Crippen molar-refractivity contribution in [3.05, 3.63) is 21.7 Å². The molecule has 7 atom stereocenters. The Balaban J connectivity index is 1.87. The average Bonchev–Trinajstić information content (AvgIpc) is 3.24. The van der Waals surface area contributed by atoms with Crippen LogP contribution in [-0.2, 0) is 25.6 Å². The maximum atomic E-state index is 13.5. The van der Waals surface area contributed by atoms with Crippen LogP contribution < -0.4 is 5.73 Å². The third kappa shape index (κ3) is 7.06. The van der Waals surface area contributed by atoms with Gasteiger partial charge in [0.2, 0.25) is 0 Å². The summed E-state index contributed by atoms with van der Waals surface area (Å²) in [5, 5.41) is 24.7. The van der Waals surface area contributed by atoms with Crippen molar-refractivity contribution >= 4 is 29.2 Å². The molecule has 7 unspecified atom stereocenters. The third-order valence-electron chi connectivity index (χ3n) is 8.30. The molecule has 2 aliphatic heterocycles. The molecule has 0 spiro atoms. The summed E-state index contributed by atoms with van der Waals surface area (Å²) >= 11 is 1.48. The Bertz CT molecular complexity index is 991. The van der Waals surface area contributed by atoms with Crippen molar-refractivity contribution in [1.82, 2.24) is 4.98 Å². The van der Waals surface area contributed by atoms with E-state index in [4.69, 9.17) is 15.2 Å². The van der Waals surface area contributed by atoms with Gasteiger partial charge in [-0.05, 0) is 50.7 Å². The normalized spacial score (nSPS) is 36.1. The van der Waals surface area contributed by atoms with Crippen LogP contribution in [0.3, 0.4) is 0 Å². The smallest absolute Gasteiger partial charge is 0.309 e. The summed E-state index contributed by atoms with van der Waals surface area (Å²) in [4.78, 5) is 31.0. The molecule has 208 valence electrons. The van der Waals surface area contributed by atoms with Crippen molar-refractivity contribution in [2.75, 3.05) is 0 Å². The standard InChI is InChI=1S/C28H44N2O6S/c1-7-19-25(33)16(2)9-8-10-28(6)22(36-28)12-20(17(3)11-18-15-37-23(14-29)30-18)35-24(32)13-21(31)27(4,5)26(19)34/h11,15-16,19-22,25,31,33H,7-10,12-14,29H2,1-6H3. The molecule has 2 aliphatic rings. The molecular weight excluding hydrogens is 492 g/mol. The second-order valence-electron chi connectivity index (χ2n) is 11.6. The number of rotatable bonds is 4. The molecule has 0 saturated carbocycles. The lowest BCUT2D eigenvalue weighted by Crippen LogP contribution is -2.46. The van der Waals surface area contributed by atoms with Crippen LogP contribution in [0, 0.1) is 17.3 Å². The molecule has 9 heteroatoms. The molecule has 0 aromatic carbocycles. The minimum absolute atomic E-state index is 0.0665. The second kappa shape index (κ2) is 12.0. The zero-order valence-corrected chi connectivity index (χ0v) is 23.8. The number of carbonyl (C=O) groups excluding carboxylic acids is 2. The van der Waals surface area contributed by atoms with Gasteiger partial charge < -0.3 is 25.4 Å². The molecule has 1 aromatic rings. The Morgan fingerprint density at radius 1 is 1.30 bits per heavy atom. The van der Waals surface area contributed by atoms with Crippen LogP contribution in [-0.4, -0.2) is 57.0 Å².